The Labute approximate surface area is 83.2 Å². The standard InChI is InChI=1S/C9H15N5/c1-2-3-4-5-12-8-6-7(10)13-9(11)14-8/h3-4,6H,2,5H2,1H3,(H5,10,11,12,13,14)/b4-3+. The SMILES string of the molecule is CC/C=C/CNc1cc(N)nc(N)n1. The lowest BCUT2D eigenvalue weighted by atomic mass is 10.4. The molecule has 0 radical (unpaired) electrons. The van der Waals surface area contributed by atoms with Crippen LogP contribution in [0.15, 0.2) is 18.2 Å². The van der Waals surface area contributed by atoms with E-state index in [4.69, 9.17) is 11.5 Å². The van der Waals surface area contributed by atoms with E-state index in [0.717, 1.165) is 6.42 Å². The van der Waals surface area contributed by atoms with Crippen molar-refractivity contribution in [1.82, 2.24) is 9.97 Å². The van der Waals surface area contributed by atoms with Crippen LogP contribution in [-0.2, 0) is 0 Å². The summed E-state index contributed by atoms with van der Waals surface area (Å²) in [7, 11) is 0. The van der Waals surface area contributed by atoms with Crippen molar-refractivity contribution in [2.24, 2.45) is 0 Å². The molecule has 0 saturated carbocycles. The Morgan fingerprint density at radius 3 is 2.79 bits per heavy atom. The zero-order chi connectivity index (χ0) is 10.4. The van der Waals surface area contributed by atoms with Crippen LogP contribution in [-0.4, -0.2) is 16.5 Å². The lowest BCUT2D eigenvalue weighted by Crippen LogP contribution is -2.05. The Morgan fingerprint density at radius 1 is 1.36 bits per heavy atom. The molecular weight excluding hydrogens is 178 g/mol. The van der Waals surface area contributed by atoms with Crippen molar-refractivity contribution < 1.29 is 0 Å². The van der Waals surface area contributed by atoms with E-state index in [0.29, 0.717) is 18.2 Å². The molecule has 0 atom stereocenters. The second kappa shape index (κ2) is 5.06. The number of nitrogens with two attached hydrogens (primary N) is 2. The first kappa shape index (κ1) is 10.3. The molecule has 0 aromatic carbocycles. The van der Waals surface area contributed by atoms with Crippen LogP contribution >= 0.6 is 0 Å². The van der Waals surface area contributed by atoms with Crippen molar-refractivity contribution in [3.05, 3.63) is 18.2 Å². The van der Waals surface area contributed by atoms with E-state index < -0.39 is 0 Å². The number of nitrogens with one attached hydrogen (secondary N) is 1. The number of allylic oxidation sites excluding steroid dienone is 1. The predicted molar refractivity (Wildman–Crippen MR) is 58.8 cm³/mol. The van der Waals surface area contributed by atoms with E-state index in [1.807, 2.05) is 6.08 Å². The maximum Gasteiger partial charge on any atom is 0.223 e. The van der Waals surface area contributed by atoms with Crippen LogP contribution in [0.5, 0.6) is 0 Å². The third-order valence-corrected chi connectivity index (χ3v) is 1.57. The molecule has 0 unspecified atom stereocenters. The first-order valence-electron chi connectivity index (χ1n) is 4.51. The molecule has 1 rings (SSSR count). The van der Waals surface area contributed by atoms with Gasteiger partial charge in [-0.25, -0.2) is 0 Å². The Balaban J connectivity index is 2.54. The molecule has 0 fully saturated rings. The van der Waals surface area contributed by atoms with Crippen molar-refractivity contribution in [2.45, 2.75) is 13.3 Å². The molecule has 1 aromatic heterocycles. The minimum Gasteiger partial charge on any atom is -0.383 e. The third kappa shape index (κ3) is 3.30. The van der Waals surface area contributed by atoms with E-state index in [9.17, 15) is 0 Å². The van der Waals surface area contributed by atoms with Gasteiger partial charge in [-0.1, -0.05) is 19.1 Å². The Kier molecular flexibility index (Phi) is 3.72. The Bertz CT molecular complexity index is 301. The maximum atomic E-state index is 5.50. The van der Waals surface area contributed by atoms with E-state index in [2.05, 4.69) is 28.3 Å². The minimum absolute atomic E-state index is 0.187. The molecule has 0 bridgehead atoms. The summed E-state index contributed by atoms with van der Waals surface area (Å²) < 4.78 is 0. The lowest BCUT2D eigenvalue weighted by Gasteiger charge is -2.03. The molecule has 5 heteroatoms. The highest BCUT2D eigenvalue weighted by molar-refractivity contribution is 5.48. The number of hydrogen-bond acceptors (Lipinski definition) is 5. The minimum atomic E-state index is 0.187. The summed E-state index contributed by atoms with van der Waals surface area (Å²) in [5, 5.41) is 3.06. The zero-order valence-electron chi connectivity index (χ0n) is 8.20. The number of hydrogen-bond donors (Lipinski definition) is 3. The molecule has 76 valence electrons. The maximum absolute atomic E-state index is 5.50. The third-order valence-electron chi connectivity index (χ3n) is 1.57. The summed E-state index contributed by atoms with van der Waals surface area (Å²) in [6, 6.07) is 1.65. The summed E-state index contributed by atoms with van der Waals surface area (Å²) in [4.78, 5) is 7.74. The van der Waals surface area contributed by atoms with Gasteiger partial charge in [0.1, 0.15) is 11.6 Å². The van der Waals surface area contributed by atoms with Crippen LogP contribution in [0, 0.1) is 0 Å². The average Bonchev–Trinajstić information content (AvgIpc) is 2.11. The number of anilines is 3. The number of rotatable bonds is 4. The molecule has 5 N–H and O–H groups in total. The molecule has 14 heavy (non-hydrogen) atoms. The molecule has 0 spiro atoms. The highest BCUT2D eigenvalue weighted by Crippen LogP contribution is 2.08. The molecule has 1 heterocycles. The van der Waals surface area contributed by atoms with Gasteiger partial charge in [-0.3, -0.25) is 0 Å². The van der Waals surface area contributed by atoms with Crippen molar-refractivity contribution in [2.75, 3.05) is 23.3 Å². The molecule has 0 aliphatic heterocycles. The van der Waals surface area contributed by atoms with Gasteiger partial charge in [-0.05, 0) is 6.42 Å². The lowest BCUT2D eigenvalue weighted by molar-refractivity contribution is 1.15. The number of aromatic nitrogens is 2. The summed E-state index contributed by atoms with van der Waals surface area (Å²) in [5.41, 5.74) is 10.9. The molecule has 1 aromatic rings. The second-order valence-electron chi connectivity index (χ2n) is 2.80. The van der Waals surface area contributed by atoms with Gasteiger partial charge in [-0.2, -0.15) is 9.97 Å². The first-order valence-corrected chi connectivity index (χ1v) is 4.51. The fourth-order valence-corrected chi connectivity index (χ4v) is 0.989. The zero-order valence-corrected chi connectivity index (χ0v) is 8.20. The molecule has 0 amide bonds. The summed E-state index contributed by atoms with van der Waals surface area (Å²) in [6.45, 7) is 2.79. The second-order valence-corrected chi connectivity index (χ2v) is 2.80. The summed E-state index contributed by atoms with van der Waals surface area (Å²) >= 11 is 0. The van der Waals surface area contributed by atoms with Gasteiger partial charge in [0.25, 0.3) is 0 Å². The van der Waals surface area contributed by atoms with Gasteiger partial charge >= 0.3 is 0 Å². The normalized spacial score (nSPS) is 10.6. The number of nitrogens with zero attached hydrogens (tertiary/aromatic N) is 2. The van der Waals surface area contributed by atoms with Gasteiger partial charge in [0.05, 0.1) is 0 Å². The smallest absolute Gasteiger partial charge is 0.223 e. The van der Waals surface area contributed by atoms with Crippen LogP contribution in [0.3, 0.4) is 0 Å². The Morgan fingerprint density at radius 2 is 2.14 bits per heavy atom. The van der Waals surface area contributed by atoms with Crippen molar-refractivity contribution >= 4 is 17.6 Å². The Hall–Kier alpha value is -1.78. The van der Waals surface area contributed by atoms with Crippen molar-refractivity contribution in [3.63, 3.8) is 0 Å². The van der Waals surface area contributed by atoms with Crippen LogP contribution in [0.25, 0.3) is 0 Å². The van der Waals surface area contributed by atoms with Crippen LogP contribution in [0.1, 0.15) is 13.3 Å². The van der Waals surface area contributed by atoms with E-state index >= 15 is 0 Å². The van der Waals surface area contributed by atoms with Crippen LogP contribution < -0.4 is 16.8 Å². The fourth-order valence-electron chi connectivity index (χ4n) is 0.989. The van der Waals surface area contributed by atoms with E-state index in [1.165, 1.54) is 0 Å². The highest BCUT2D eigenvalue weighted by atomic mass is 15.1. The molecule has 0 aliphatic carbocycles. The number of nitrogen functional groups attached to an aromatic ring is 2. The van der Waals surface area contributed by atoms with Gasteiger partial charge in [0.2, 0.25) is 5.95 Å². The fraction of sp³-hybridized carbons (Fsp3) is 0.333. The molecule has 5 nitrogen and oxygen atoms in total. The van der Waals surface area contributed by atoms with Crippen LogP contribution in [0.4, 0.5) is 17.6 Å². The van der Waals surface area contributed by atoms with Gasteiger partial charge in [0.15, 0.2) is 0 Å². The van der Waals surface area contributed by atoms with E-state index in [-0.39, 0.29) is 5.95 Å². The van der Waals surface area contributed by atoms with Gasteiger partial charge in [-0.15, -0.1) is 0 Å². The average molecular weight is 193 g/mol. The summed E-state index contributed by atoms with van der Waals surface area (Å²) in [6.07, 6.45) is 5.12. The quantitative estimate of drug-likeness (QED) is 0.621. The van der Waals surface area contributed by atoms with E-state index in [1.54, 1.807) is 6.07 Å². The summed E-state index contributed by atoms with van der Waals surface area (Å²) in [5.74, 6) is 1.21. The largest absolute Gasteiger partial charge is 0.383 e. The highest BCUT2D eigenvalue weighted by Gasteiger charge is 1.96. The van der Waals surface area contributed by atoms with Gasteiger partial charge < -0.3 is 16.8 Å². The van der Waals surface area contributed by atoms with Crippen LogP contribution in [0.2, 0.25) is 0 Å². The van der Waals surface area contributed by atoms with Crippen molar-refractivity contribution in [3.8, 4) is 0 Å². The topological polar surface area (TPSA) is 89.8 Å². The molecular formula is C9H15N5. The van der Waals surface area contributed by atoms with Gasteiger partial charge in [0, 0.05) is 12.6 Å². The monoisotopic (exact) mass is 193 g/mol. The first-order chi connectivity index (χ1) is 6.72. The van der Waals surface area contributed by atoms with Crippen molar-refractivity contribution in [1.29, 1.82) is 0 Å². The molecule has 0 saturated heterocycles. The molecule has 0 aliphatic rings. The predicted octanol–water partition coefficient (Wildman–Crippen LogP) is 1.02.